The summed E-state index contributed by atoms with van der Waals surface area (Å²) in [6.07, 6.45) is 0.554. The average molecular weight is 343 g/mol. The van der Waals surface area contributed by atoms with Crippen LogP contribution in [-0.4, -0.2) is 28.8 Å². The maximum absolute atomic E-state index is 13.1. The predicted octanol–water partition coefficient (Wildman–Crippen LogP) is 2.21. The Bertz CT molecular complexity index is 550. The van der Waals surface area contributed by atoms with E-state index in [4.69, 9.17) is 0 Å². The van der Waals surface area contributed by atoms with Crippen molar-refractivity contribution in [2.45, 2.75) is 38.9 Å². The van der Waals surface area contributed by atoms with Gasteiger partial charge in [0.2, 0.25) is 11.8 Å². The fraction of sp³-hybridized carbons (Fsp3) is 0.429. The molecule has 1 aliphatic rings. The van der Waals surface area contributed by atoms with Gasteiger partial charge in [0.1, 0.15) is 17.9 Å². The number of piperazine rings is 1. The lowest BCUT2D eigenvalue weighted by Gasteiger charge is -2.37. The number of carbonyl (C=O) groups excluding carboxylic acids is 2. The summed E-state index contributed by atoms with van der Waals surface area (Å²) in [5.74, 6) is -0.603. The zero-order chi connectivity index (χ0) is 14.9. The summed E-state index contributed by atoms with van der Waals surface area (Å²) >= 11 is 3.28. The summed E-state index contributed by atoms with van der Waals surface area (Å²) in [5.41, 5.74) is 0.774. The number of nitrogens with zero attached hydrogens (tertiary/aromatic N) is 1. The van der Waals surface area contributed by atoms with Crippen molar-refractivity contribution in [1.29, 1.82) is 0 Å². The number of benzene rings is 1. The zero-order valence-corrected chi connectivity index (χ0v) is 12.9. The second kappa shape index (κ2) is 5.91. The molecular weight excluding hydrogens is 327 g/mol. The molecule has 1 aliphatic heterocycles. The van der Waals surface area contributed by atoms with E-state index in [0.29, 0.717) is 10.9 Å². The molecule has 1 heterocycles. The van der Waals surface area contributed by atoms with Crippen molar-refractivity contribution in [2.24, 2.45) is 0 Å². The number of carbonyl (C=O) groups is 2. The Kier molecular flexibility index (Phi) is 4.42. The second-order valence-corrected chi connectivity index (χ2v) is 5.70. The third-order valence-electron chi connectivity index (χ3n) is 3.51. The first-order valence-corrected chi connectivity index (χ1v) is 7.28. The lowest BCUT2D eigenvalue weighted by atomic mass is 10.0. The van der Waals surface area contributed by atoms with Gasteiger partial charge in [-0.1, -0.05) is 28.9 Å². The summed E-state index contributed by atoms with van der Waals surface area (Å²) in [5, 5.41) is 2.70. The van der Waals surface area contributed by atoms with Crippen LogP contribution in [0.25, 0.3) is 0 Å². The van der Waals surface area contributed by atoms with Crippen LogP contribution >= 0.6 is 15.9 Å². The van der Waals surface area contributed by atoms with Gasteiger partial charge in [-0.3, -0.25) is 9.59 Å². The van der Waals surface area contributed by atoms with E-state index in [1.54, 1.807) is 13.0 Å². The number of halogens is 2. The third-order valence-corrected chi connectivity index (χ3v) is 4.25. The molecule has 0 aliphatic carbocycles. The molecule has 0 saturated carbocycles. The number of nitrogens with one attached hydrogen (secondary N) is 1. The molecule has 20 heavy (non-hydrogen) atoms. The molecule has 2 amide bonds. The Morgan fingerprint density at radius 2 is 2.10 bits per heavy atom. The van der Waals surface area contributed by atoms with Gasteiger partial charge in [-0.2, -0.15) is 0 Å². The molecule has 108 valence electrons. The largest absolute Gasteiger partial charge is 0.343 e. The molecule has 2 rings (SSSR count). The zero-order valence-electron chi connectivity index (χ0n) is 11.3. The summed E-state index contributed by atoms with van der Waals surface area (Å²) in [6, 6.07) is 3.31. The summed E-state index contributed by atoms with van der Waals surface area (Å²) in [6.45, 7) is 3.83. The van der Waals surface area contributed by atoms with Crippen molar-refractivity contribution in [1.82, 2.24) is 10.2 Å². The van der Waals surface area contributed by atoms with Crippen LogP contribution in [0.2, 0.25) is 0 Å². The topological polar surface area (TPSA) is 49.4 Å². The minimum Gasteiger partial charge on any atom is -0.343 e. The molecule has 6 heteroatoms. The van der Waals surface area contributed by atoms with E-state index in [1.807, 2.05) is 6.92 Å². The monoisotopic (exact) mass is 342 g/mol. The minimum absolute atomic E-state index is 0.101. The van der Waals surface area contributed by atoms with Crippen LogP contribution in [0.4, 0.5) is 4.39 Å². The Labute approximate surface area is 125 Å². The first-order valence-electron chi connectivity index (χ1n) is 6.48. The molecule has 2 unspecified atom stereocenters. The van der Waals surface area contributed by atoms with E-state index in [0.717, 1.165) is 5.56 Å². The third kappa shape index (κ3) is 2.85. The Balaban J connectivity index is 2.25. The van der Waals surface area contributed by atoms with Gasteiger partial charge in [0.05, 0.1) is 0 Å². The summed E-state index contributed by atoms with van der Waals surface area (Å²) in [7, 11) is 0. The van der Waals surface area contributed by atoms with Crippen molar-refractivity contribution in [2.75, 3.05) is 0 Å². The van der Waals surface area contributed by atoms with Crippen LogP contribution in [0.5, 0.6) is 0 Å². The first kappa shape index (κ1) is 15.0. The summed E-state index contributed by atoms with van der Waals surface area (Å²) < 4.78 is 13.7. The van der Waals surface area contributed by atoms with Crippen LogP contribution in [-0.2, 0) is 16.1 Å². The number of rotatable bonds is 3. The molecule has 0 aromatic heterocycles. The molecule has 1 saturated heterocycles. The van der Waals surface area contributed by atoms with E-state index in [1.165, 1.54) is 17.0 Å². The fourth-order valence-corrected chi connectivity index (χ4v) is 2.69. The van der Waals surface area contributed by atoms with E-state index in [9.17, 15) is 14.0 Å². The number of hydrogen-bond acceptors (Lipinski definition) is 2. The molecule has 0 bridgehead atoms. The molecule has 1 fully saturated rings. The number of hydrogen-bond donors (Lipinski definition) is 1. The molecule has 4 nitrogen and oxygen atoms in total. The summed E-state index contributed by atoms with van der Waals surface area (Å²) in [4.78, 5) is 25.7. The second-order valence-electron chi connectivity index (χ2n) is 4.85. The lowest BCUT2D eigenvalue weighted by molar-refractivity contribution is -0.149. The van der Waals surface area contributed by atoms with Crippen molar-refractivity contribution in [3.05, 3.63) is 34.1 Å². The highest BCUT2D eigenvalue weighted by Gasteiger charge is 2.37. The number of amides is 2. The van der Waals surface area contributed by atoms with E-state index in [2.05, 4.69) is 21.2 Å². The maximum atomic E-state index is 13.1. The Hall–Kier alpha value is -1.43. The molecule has 1 aromatic carbocycles. The fourth-order valence-electron chi connectivity index (χ4n) is 2.21. The van der Waals surface area contributed by atoms with Crippen LogP contribution in [0.3, 0.4) is 0 Å². The lowest BCUT2D eigenvalue weighted by Crippen LogP contribution is -2.61. The van der Waals surface area contributed by atoms with Crippen LogP contribution in [0.15, 0.2) is 22.7 Å². The normalized spacial score (nSPS) is 22.9. The highest BCUT2D eigenvalue weighted by molar-refractivity contribution is 9.10. The van der Waals surface area contributed by atoms with Crippen LogP contribution in [0.1, 0.15) is 25.8 Å². The average Bonchev–Trinajstić information content (AvgIpc) is 2.41. The van der Waals surface area contributed by atoms with Gasteiger partial charge in [0.25, 0.3) is 0 Å². The van der Waals surface area contributed by atoms with Gasteiger partial charge in [-0.05, 0) is 31.0 Å². The van der Waals surface area contributed by atoms with E-state index in [-0.39, 0.29) is 24.2 Å². The van der Waals surface area contributed by atoms with Crippen LogP contribution < -0.4 is 5.32 Å². The smallest absolute Gasteiger partial charge is 0.246 e. The minimum atomic E-state index is -0.526. The van der Waals surface area contributed by atoms with Gasteiger partial charge in [-0.15, -0.1) is 0 Å². The molecule has 0 spiro atoms. The quantitative estimate of drug-likeness (QED) is 0.915. The Morgan fingerprint density at radius 3 is 2.70 bits per heavy atom. The predicted molar refractivity (Wildman–Crippen MR) is 76.3 cm³/mol. The van der Waals surface area contributed by atoms with Crippen molar-refractivity contribution >= 4 is 27.7 Å². The highest BCUT2D eigenvalue weighted by Crippen LogP contribution is 2.22. The van der Waals surface area contributed by atoms with E-state index >= 15 is 0 Å². The first-order chi connectivity index (χ1) is 9.43. The molecular formula is C14H16BrFN2O2. The van der Waals surface area contributed by atoms with Crippen molar-refractivity contribution < 1.29 is 14.0 Å². The molecule has 0 radical (unpaired) electrons. The van der Waals surface area contributed by atoms with Crippen LogP contribution in [0, 0.1) is 5.82 Å². The maximum Gasteiger partial charge on any atom is 0.246 e. The SMILES string of the molecule is CCC1NC(=O)C(C)N(Cc2ccc(F)cc2Br)C1=O. The highest BCUT2D eigenvalue weighted by atomic mass is 79.9. The van der Waals surface area contributed by atoms with Gasteiger partial charge < -0.3 is 10.2 Å². The Morgan fingerprint density at radius 1 is 1.40 bits per heavy atom. The van der Waals surface area contributed by atoms with E-state index < -0.39 is 12.1 Å². The molecule has 1 aromatic rings. The van der Waals surface area contributed by atoms with Gasteiger partial charge in [0, 0.05) is 11.0 Å². The van der Waals surface area contributed by atoms with Crippen molar-refractivity contribution in [3.63, 3.8) is 0 Å². The molecule has 2 atom stereocenters. The van der Waals surface area contributed by atoms with Gasteiger partial charge in [0.15, 0.2) is 0 Å². The molecule has 1 N–H and O–H groups in total. The standard InChI is InChI=1S/C14H16BrFN2O2/c1-3-12-14(20)18(8(2)13(19)17-12)7-9-4-5-10(16)6-11(9)15/h4-6,8,12H,3,7H2,1-2H3,(H,17,19). The van der Waals surface area contributed by atoms with Gasteiger partial charge in [-0.25, -0.2) is 4.39 Å². The van der Waals surface area contributed by atoms with Crippen molar-refractivity contribution in [3.8, 4) is 0 Å². The van der Waals surface area contributed by atoms with Gasteiger partial charge >= 0.3 is 0 Å².